The minimum Gasteiger partial charge on any atom is -0.507 e. The molecule has 6 rings (SSSR count). The van der Waals surface area contributed by atoms with E-state index < -0.39 is 0 Å². The van der Waals surface area contributed by atoms with E-state index in [2.05, 4.69) is 4.98 Å². The number of aromatic hydroxyl groups is 1. The molecule has 2 saturated heterocycles. The quantitative estimate of drug-likeness (QED) is 0.317. The highest BCUT2D eigenvalue weighted by Gasteiger charge is 2.56. The van der Waals surface area contributed by atoms with E-state index in [-0.39, 0.29) is 41.4 Å². The number of pyridine rings is 1. The number of benzene rings is 2. The molecule has 0 saturated carbocycles. The number of phenolic OH excluding ortho intramolecular Hbond substituents is 1. The van der Waals surface area contributed by atoms with Crippen molar-refractivity contribution < 1.29 is 24.2 Å². The number of carbonyl (C=O) groups excluding carboxylic acids is 2. The van der Waals surface area contributed by atoms with Gasteiger partial charge in [-0.3, -0.25) is 19.5 Å². The number of nitrogens with zero attached hydrogens (tertiary/aromatic N) is 2. The highest BCUT2D eigenvalue weighted by molar-refractivity contribution is 6.05. The number of carbonyl (C=O) groups is 2. The topological polar surface area (TPSA) is 89.0 Å². The number of aromatic nitrogens is 1. The molecule has 2 fully saturated rings. The highest BCUT2D eigenvalue weighted by Crippen LogP contribution is 2.49. The fourth-order valence-electron chi connectivity index (χ4n) is 6.36. The minimum atomic E-state index is -0.384. The van der Waals surface area contributed by atoms with E-state index in [0.717, 1.165) is 33.7 Å². The van der Waals surface area contributed by atoms with Gasteiger partial charge in [-0.05, 0) is 72.4 Å². The molecule has 2 aliphatic heterocycles. The standard InChI is InChI=1S/C33H32N2O5/c1-35-32(37)25-18-23(19-39-24-10-3-2-4-11-24)30-26(31(25)33(35)38)20-40-29(30)15-14-21(27-12-7-8-16-34-27)17-22-9-5-6-13-28(22)36/h2-13,16-17,25-26,29,31,36H,14-15,18-20H2,1H3/b21-17-/t25-,26+,29-,31-/m1/s1. The number of para-hydroxylation sites is 2. The molecular formula is C33H32N2O5. The van der Waals surface area contributed by atoms with Crippen LogP contribution in [0.4, 0.5) is 0 Å². The van der Waals surface area contributed by atoms with E-state index in [1.807, 2.05) is 66.7 Å². The number of phenols is 1. The van der Waals surface area contributed by atoms with Gasteiger partial charge >= 0.3 is 0 Å². The number of hydrogen-bond donors (Lipinski definition) is 1. The summed E-state index contributed by atoms with van der Waals surface area (Å²) in [6.07, 6.45) is 5.36. The Morgan fingerprint density at radius 2 is 1.80 bits per heavy atom. The number of ether oxygens (including phenoxy) is 2. The van der Waals surface area contributed by atoms with E-state index in [1.54, 1.807) is 25.4 Å². The van der Waals surface area contributed by atoms with Gasteiger partial charge in [-0.2, -0.15) is 0 Å². The monoisotopic (exact) mass is 536 g/mol. The molecule has 2 amide bonds. The minimum absolute atomic E-state index is 0.113. The number of likely N-dealkylation sites (tertiary alicyclic amines) is 1. The summed E-state index contributed by atoms with van der Waals surface area (Å²) in [7, 11) is 1.58. The molecule has 3 aromatic rings. The molecule has 0 unspecified atom stereocenters. The molecule has 7 heteroatoms. The molecule has 1 aromatic heterocycles. The molecule has 3 heterocycles. The number of fused-ring (bicyclic) bond motifs is 3. The van der Waals surface area contributed by atoms with Crippen LogP contribution >= 0.6 is 0 Å². The Morgan fingerprint density at radius 1 is 1.02 bits per heavy atom. The van der Waals surface area contributed by atoms with Crippen LogP contribution in [0.25, 0.3) is 11.6 Å². The first-order valence-corrected chi connectivity index (χ1v) is 13.7. The molecule has 40 heavy (non-hydrogen) atoms. The van der Waals surface area contributed by atoms with Crippen molar-refractivity contribution in [3.05, 3.63) is 101 Å². The first kappa shape index (κ1) is 26.0. The third-order valence-electron chi connectivity index (χ3n) is 8.32. The van der Waals surface area contributed by atoms with Crippen LogP contribution in [0.2, 0.25) is 0 Å². The number of allylic oxidation sites excluding steroid dienone is 1. The SMILES string of the molecule is CN1C(=O)[C@@H]2[C@@H](CC(COc3ccccc3)=C3[C@@H](CC/C(=C/c4ccccc4O)c4ccccn4)OC[C@@H]32)C1=O. The van der Waals surface area contributed by atoms with Gasteiger partial charge < -0.3 is 14.6 Å². The van der Waals surface area contributed by atoms with E-state index >= 15 is 0 Å². The number of amides is 2. The van der Waals surface area contributed by atoms with Gasteiger partial charge in [0.25, 0.3) is 0 Å². The summed E-state index contributed by atoms with van der Waals surface area (Å²) in [6.45, 7) is 0.760. The summed E-state index contributed by atoms with van der Waals surface area (Å²) in [5.41, 5.74) is 4.71. The van der Waals surface area contributed by atoms with Crippen LogP contribution in [0.3, 0.4) is 0 Å². The maximum Gasteiger partial charge on any atom is 0.233 e. The maximum absolute atomic E-state index is 13.1. The Morgan fingerprint density at radius 3 is 2.58 bits per heavy atom. The van der Waals surface area contributed by atoms with E-state index in [4.69, 9.17) is 9.47 Å². The van der Waals surface area contributed by atoms with Crippen LogP contribution in [-0.2, 0) is 14.3 Å². The van der Waals surface area contributed by atoms with Crippen molar-refractivity contribution in [1.29, 1.82) is 0 Å². The molecule has 1 N–H and O–H groups in total. The maximum atomic E-state index is 13.1. The predicted octanol–water partition coefficient (Wildman–Crippen LogP) is 5.13. The first-order chi connectivity index (χ1) is 19.5. The zero-order valence-electron chi connectivity index (χ0n) is 22.4. The molecule has 4 atom stereocenters. The van der Waals surface area contributed by atoms with Crippen LogP contribution < -0.4 is 4.74 Å². The summed E-state index contributed by atoms with van der Waals surface area (Å²) < 4.78 is 12.5. The predicted molar refractivity (Wildman–Crippen MR) is 151 cm³/mol. The van der Waals surface area contributed by atoms with Crippen LogP contribution in [0.5, 0.6) is 11.5 Å². The third kappa shape index (κ3) is 4.93. The molecule has 204 valence electrons. The van der Waals surface area contributed by atoms with Crippen molar-refractivity contribution in [2.24, 2.45) is 17.8 Å². The molecule has 0 radical (unpaired) electrons. The lowest BCUT2D eigenvalue weighted by Crippen LogP contribution is -2.35. The molecule has 7 nitrogen and oxygen atoms in total. The average molecular weight is 537 g/mol. The average Bonchev–Trinajstić information content (AvgIpc) is 3.50. The highest BCUT2D eigenvalue weighted by atomic mass is 16.5. The van der Waals surface area contributed by atoms with Crippen molar-refractivity contribution in [3.8, 4) is 11.5 Å². The van der Waals surface area contributed by atoms with Crippen molar-refractivity contribution in [3.63, 3.8) is 0 Å². The van der Waals surface area contributed by atoms with Gasteiger partial charge in [-0.1, -0.05) is 42.5 Å². The van der Waals surface area contributed by atoms with Crippen LogP contribution in [0, 0.1) is 17.8 Å². The second-order valence-electron chi connectivity index (χ2n) is 10.6. The van der Waals surface area contributed by atoms with Crippen LogP contribution in [-0.4, -0.2) is 53.2 Å². The molecule has 0 spiro atoms. The van der Waals surface area contributed by atoms with E-state index in [9.17, 15) is 14.7 Å². The molecule has 2 aromatic carbocycles. The second kappa shape index (κ2) is 11.1. The van der Waals surface area contributed by atoms with Gasteiger partial charge in [-0.15, -0.1) is 0 Å². The Balaban J connectivity index is 1.30. The van der Waals surface area contributed by atoms with Crippen molar-refractivity contribution in [1.82, 2.24) is 9.88 Å². The first-order valence-electron chi connectivity index (χ1n) is 13.7. The summed E-state index contributed by atoms with van der Waals surface area (Å²) in [6, 6.07) is 22.7. The Hall–Kier alpha value is -4.23. The van der Waals surface area contributed by atoms with Crippen LogP contribution in [0.1, 0.15) is 30.5 Å². The van der Waals surface area contributed by atoms with Crippen molar-refractivity contribution in [2.75, 3.05) is 20.3 Å². The largest absolute Gasteiger partial charge is 0.507 e. The lowest BCUT2D eigenvalue weighted by molar-refractivity contribution is -0.138. The Labute approximate surface area is 233 Å². The normalized spacial score (nSPS) is 24.3. The van der Waals surface area contributed by atoms with Gasteiger partial charge in [0.05, 0.1) is 30.2 Å². The lowest BCUT2D eigenvalue weighted by atomic mass is 9.69. The smallest absolute Gasteiger partial charge is 0.233 e. The van der Waals surface area contributed by atoms with E-state index in [0.29, 0.717) is 32.5 Å². The van der Waals surface area contributed by atoms with Crippen molar-refractivity contribution >= 4 is 23.5 Å². The second-order valence-corrected chi connectivity index (χ2v) is 10.6. The molecule has 0 bridgehead atoms. The molecule has 3 aliphatic rings. The zero-order chi connectivity index (χ0) is 27.6. The Kier molecular flexibility index (Phi) is 7.22. The molecule has 1 aliphatic carbocycles. The summed E-state index contributed by atoms with van der Waals surface area (Å²) in [4.78, 5) is 32.0. The van der Waals surface area contributed by atoms with Gasteiger partial charge in [0.15, 0.2) is 0 Å². The van der Waals surface area contributed by atoms with Gasteiger partial charge in [0.1, 0.15) is 18.1 Å². The van der Waals surface area contributed by atoms with Crippen molar-refractivity contribution in [2.45, 2.75) is 25.4 Å². The van der Waals surface area contributed by atoms with Gasteiger partial charge in [-0.25, -0.2) is 0 Å². The summed E-state index contributed by atoms with van der Waals surface area (Å²) in [5, 5.41) is 10.4. The van der Waals surface area contributed by atoms with Gasteiger partial charge in [0.2, 0.25) is 11.8 Å². The summed E-state index contributed by atoms with van der Waals surface area (Å²) >= 11 is 0. The number of hydrogen-bond acceptors (Lipinski definition) is 6. The van der Waals surface area contributed by atoms with Crippen LogP contribution in [0.15, 0.2) is 90.1 Å². The Bertz CT molecular complexity index is 1470. The molecular weight excluding hydrogens is 504 g/mol. The van der Waals surface area contributed by atoms with Gasteiger partial charge in [0, 0.05) is 24.7 Å². The fourth-order valence-corrected chi connectivity index (χ4v) is 6.36. The fraction of sp³-hybridized carbons (Fsp3) is 0.303. The zero-order valence-corrected chi connectivity index (χ0v) is 22.4. The third-order valence-corrected chi connectivity index (χ3v) is 8.32. The number of rotatable bonds is 8. The lowest BCUT2D eigenvalue weighted by Gasteiger charge is -2.31. The summed E-state index contributed by atoms with van der Waals surface area (Å²) in [5.74, 6) is -0.143. The van der Waals surface area contributed by atoms with E-state index in [1.165, 1.54) is 4.90 Å². The number of imide groups is 1.